The Morgan fingerprint density at radius 2 is 1.69 bits per heavy atom. The smallest absolute Gasteiger partial charge is 0.269 e. The van der Waals surface area contributed by atoms with Crippen molar-refractivity contribution < 1.29 is 22.1 Å². The molecule has 0 fully saturated rings. The van der Waals surface area contributed by atoms with E-state index in [4.69, 9.17) is 4.42 Å². The minimum Gasteiger partial charge on any atom is -0.457 e. The summed E-state index contributed by atoms with van der Waals surface area (Å²) in [5, 5.41) is 11.5. The maximum atomic E-state index is 13.7. The van der Waals surface area contributed by atoms with Crippen LogP contribution in [-0.2, 0) is 9.84 Å². The predicted octanol–water partition coefficient (Wildman–Crippen LogP) is 4.44. The highest BCUT2D eigenvalue weighted by Crippen LogP contribution is 2.26. The predicted molar refractivity (Wildman–Crippen MR) is 93.4 cm³/mol. The average Bonchev–Trinajstić information content (AvgIpc) is 3.09. The minimum absolute atomic E-state index is 0.0831. The summed E-state index contributed by atoms with van der Waals surface area (Å²) in [6.45, 7) is 0. The van der Waals surface area contributed by atoms with E-state index in [1.807, 2.05) is 0 Å². The summed E-state index contributed by atoms with van der Waals surface area (Å²) >= 11 is 0. The Morgan fingerprint density at radius 3 is 2.35 bits per heavy atom. The van der Waals surface area contributed by atoms with Gasteiger partial charge in [-0.2, -0.15) is 0 Å². The molecule has 2 aromatic carbocycles. The summed E-state index contributed by atoms with van der Waals surface area (Å²) in [6, 6.07) is 13.7. The second-order valence-electron chi connectivity index (χ2n) is 5.28. The van der Waals surface area contributed by atoms with Crippen LogP contribution in [0.2, 0.25) is 0 Å². The quantitative estimate of drug-likeness (QED) is 0.487. The van der Waals surface area contributed by atoms with Crippen molar-refractivity contribution in [3.8, 4) is 11.3 Å². The van der Waals surface area contributed by atoms with Gasteiger partial charge in [0.2, 0.25) is 0 Å². The van der Waals surface area contributed by atoms with Gasteiger partial charge in [0.1, 0.15) is 17.3 Å². The van der Waals surface area contributed by atoms with Crippen LogP contribution in [0.25, 0.3) is 17.4 Å². The van der Waals surface area contributed by atoms with Gasteiger partial charge in [0, 0.05) is 17.5 Å². The summed E-state index contributed by atoms with van der Waals surface area (Å²) in [5.41, 5.74) is 0.0684. The first-order chi connectivity index (χ1) is 12.4. The number of hydrogen-bond acceptors (Lipinski definition) is 5. The molecule has 1 aromatic heterocycles. The SMILES string of the molecule is O=[N+]([O-])c1ccc(S(=O)(=O)/C=C/c2ccc(-c3ccccc3F)o2)cc1. The molecule has 8 heteroatoms. The van der Waals surface area contributed by atoms with Gasteiger partial charge in [0.15, 0.2) is 9.84 Å². The van der Waals surface area contributed by atoms with Crippen LogP contribution < -0.4 is 0 Å². The molecule has 0 bridgehead atoms. The van der Waals surface area contributed by atoms with Crippen molar-refractivity contribution in [3.63, 3.8) is 0 Å². The average molecular weight is 373 g/mol. The molecular weight excluding hydrogens is 361 g/mol. The molecule has 0 aliphatic carbocycles. The first-order valence-electron chi connectivity index (χ1n) is 7.39. The number of non-ortho nitro benzene ring substituents is 1. The lowest BCUT2D eigenvalue weighted by molar-refractivity contribution is -0.384. The highest BCUT2D eigenvalue weighted by Gasteiger charge is 2.14. The normalized spacial score (nSPS) is 11.7. The fourth-order valence-corrected chi connectivity index (χ4v) is 3.23. The molecule has 1 heterocycles. The number of nitro benzene ring substituents is 1. The maximum absolute atomic E-state index is 13.7. The van der Waals surface area contributed by atoms with Gasteiger partial charge in [0.05, 0.1) is 15.4 Å². The monoisotopic (exact) mass is 373 g/mol. The Kier molecular flexibility index (Phi) is 4.68. The number of nitrogens with zero attached hydrogens (tertiary/aromatic N) is 1. The van der Waals surface area contributed by atoms with Crippen LogP contribution in [0.4, 0.5) is 10.1 Å². The highest BCUT2D eigenvalue weighted by atomic mass is 32.2. The molecule has 0 aliphatic heterocycles. The Hall–Kier alpha value is -3.26. The molecule has 0 aliphatic rings. The molecular formula is C18H12FNO5S. The third-order valence-electron chi connectivity index (χ3n) is 3.55. The molecule has 0 saturated carbocycles. The molecule has 0 amide bonds. The standard InChI is InChI=1S/C18H12FNO5S/c19-17-4-2-1-3-16(17)18-10-7-14(25-18)11-12-26(23,24)15-8-5-13(6-9-15)20(21)22/h1-12H/b12-11+. The van der Waals surface area contributed by atoms with Crippen molar-refractivity contribution in [2.24, 2.45) is 0 Å². The van der Waals surface area contributed by atoms with Crippen molar-refractivity contribution in [1.29, 1.82) is 0 Å². The van der Waals surface area contributed by atoms with Crippen molar-refractivity contribution in [1.82, 2.24) is 0 Å². The molecule has 3 rings (SSSR count). The summed E-state index contributed by atoms with van der Waals surface area (Å²) in [5.74, 6) is 0.0557. The van der Waals surface area contributed by atoms with Crippen LogP contribution in [-0.4, -0.2) is 13.3 Å². The summed E-state index contributed by atoms with van der Waals surface area (Å²) in [7, 11) is -3.80. The molecule has 0 atom stereocenters. The third kappa shape index (κ3) is 3.70. The van der Waals surface area contributed by atoms with Crippen molar-refractivity contribution in [2.45, 2.75) is 4.90 Å². The van der Waals surface area contributed by atoms with E-state index in [9.17, 15) is 22.9 Å². The molecule has 3 aromatic rings. The van der Waals surface area contributed by atoms with Crippen LogP contribution in [0.1, 0.15) is 5.76 Å². The zero-order valence-electron chi connectivity index (χ0n) is 13.2. The second kappa shape index (κ2) is 6.93. The number of halogens is 1. The van der Waals surface area contributed by atoms with E-state index in [1.54, 1.807) is 18.2 Å². The molecule has 6 nitrogen and oxygen atoms in total. The van der Waals surface area contributed by atoms with E-state index < -0.39 is 20.6 Å². The molecule has 0 saturated heterocycles. The van der Waals surface area contributed by atoms with E-state index >= 15 is 0 Å². The second-order valence-corrected chi connectivity index (χ2v) is 7.11. The number of sulfone groups is 1. The van der Waals surface area contributed by atoms with Crippen LogP contribution in [0.3, 0.4) is 0 Å². The fourth-order valence-electron chi connectivity index (χ4n) is 2.24. The fraction of sp³-hybridized carbons (Fsp3) is 0. The minimum atomic E-state index is -3.80. The van der Waals surface area contributed by atoms with Crippen molar-refractivity contribution in [3.05, 3.63) is 87.8 Å². The van der Waals surface area contributed by atoms with Gasteiger partial charge in [-0.1, -0.05) is 12.1 Å². The van der Waals surface area contributed by atoms with Gasteiger partial charge < -0.3 is 4.42 Å². The van der Waals surface area contributed by atoms with Gasteiger partial charge in [-0.25, -0.2) is 12.8 Å². The topological polar surface area (TPSA) is 90.4 Å². The molecule has 0 N–H and O–H groups in total. The Labute approximate surface area is 148 Å². The summed E-state index contributed by atoms with van der Waals surface area (Å²) in [6.07, 6.45) is 1.24. The number of benzene rings is 2. The maximum Gasteiger partial charge on any atom is 0.269 e. The molecule has 0 unspecified atom stereocenters. The number of furan rings is 1. The largest absolute Gasteiger partial charge is 0.457 e. The van der Waals surface area contributed by atoms with E-state index in [0.29, 0.717) is 0 Å². The Bertz CT molecular complexity index is 1080. The van der Waals surface area contributed by atoms with Crippen molar-refractivity contribution >= 4 is 21.6 Å². The van der Waals surface area contributed by atoms with Crippen molar-refractivity contribution in [2.75, 3.05) is 0 Å². The van der Waals surface area contributed by atoms with E-state index in [0.717, 1.165) is 29.7 Å². The van der Waals surface area contributed by atoms with Crippen LogP contribution in [0, 0.1) is 15.9 Å². The third-order valence-corrected chi connectivity index (χ3v) is 4.98. The number of nitro groups is 1. The van der Waals surface area contributed by atoms with Gasteiger partial charge in [0.25, 0.3) is 5.69 Å². The van der Waals surface area contributed by atoms with E-state index in [2.05, 4.69) is 0 Å². The molecule has 0 spiro atoms. The highest BCUT2D eigenvalue weighted by molar-refractivity contribution is 7.94. The zero-order valence-corrected chi connectivity index (χ0v) is 14.0. The number of rotatable bonds is 5. The lowest BCUT2D eigenvalue weighted by Gasteiger charge is -1.99. The number of hydrogen-bond donors (Lipinski definition) is 0. The Balaban J connectivity index is 1.83. The van der Waals surface area contributed by atoms with Gasteiger partial charge in [-0.05, 0) is 42.5 Å². The Morgan fingerprint density at radius 1 is 1.00 bits per heavy atom. The van der Waals surface area contributed by atoms with Crippen LogP contribution in [0.5, 0.6) is 0 Å². The first-order valence-corrected chi connectivity index (χ1v) is 8.94. The van der Waals surface area contributed by atoms with E-state index in [1.165, 1.54) is 24.3 Å². The lowest BCUT2D eigenvalue weighted by Crippen LogP contribution is -1.96. The zero-order chi connectivity index (χ0) is 18.7. The van der Waals surface area contributed by atoms with Gasteiger partial charge in [-0.15, -0.1) is 0 Å². The summed E-state index contributed by atoms with van der Waals surface area (Å²) in [4.78, 5) is 9.92. The van der Waals surface area contributed by atoms with Crippen LogP contribution >= 0.6 is 0 Å². The van der Waals surface area contributed by atoms with Gasteiger partial charge >= 0.3 is 0 Å². The molecule has 0 radical (unpaired) electrons. The van der Waals surface area contributed by atoms with E-state index in [-0.39, 0.29) is 27.7 Å². The molecule has 132 valence electrons. The van der Waals surface area contributed by atoms with Crippen LogP contribution in [0.15, 0.2) is 75.4 Å². The molecule has 26 heavy (non-hydrogen) atoms. The first kappa shape index (κ1) is 17.6. The van der Waals surface area contributed by atoms with Gasteiger partial charge in [-0.3, -0.25) is 10.1 Å². The summed E-state index contributed by atoms with van der Waals surface area (Å²) < 4.78 is 43.7. The lowest BCUT2D eigenvalue weighted by atomic mass is 10.1.